The topological polar surface area (TPSA) is 49.4 Å². The molecular formula is C13H19ClN2O2S. The number of hydrogen-bond donors (Lipinski definition) is 1. The van der Waals surface area contributed by atoms with Crippen molar-refractivity contribution in [3.8, 4) is 0 Å². The number of hydrogen-bond acceptors (Lipinski definition) is 3. The fraction of sp³-hybridized carbons (Fsp3) is 0.538. The van der Waals surface area contributed by atoms with E-state index in [0.717, 1.165) is 24.9 Å². The maximum atomic E-state index is 12.2. The van der Waals surface area contributed by atoms with Gasteiger partial charge in [0.05, 0.1) is 5.75 Å². The molecule has 0 bridgehead atoms. The zero-order valence-corrected chi connectivity index (χ0v) is 12.5. The molecule has 1 aromatic carbocycles. The zero-order chi connectivity index (χ0) is 13.9. The molecule has 0 spiro atoms. The highest BCUT2D eigenvalue weighted by Crippen LogP contribution is 2.15. The molecule has 1 aliphatic rings. The van der Waals surface area contributed by atoms with Crippen molar-refractivity contribution >= 4 is 21.6 Å². The van der Waals surface area contributed by atoms with E-state index in [4.69, 9.17) is 11.6 Å². The summed E-state index contributed by atoms with van der Waals surface area (Å²) in [6, 6.07) is 7.37. The fourth-order valence-electron chi connectivity index (χ4n) is 2.27. The Morgan fingerprint density at radius 3 is 2.89 bits per heavy atom. The minimum absolute atomic E-state index is 0.0896. The molecule has 1 saturated heterocycles. The van der Waals surface area contributed by atoms with Crippen LogP contribution >= 0.6 is 11.6 Å². The molecule has 1 unspecified atom stereocenters. The molecule has 1 aliphatic heterocycles. The van der Waals surface area contributed by atoms with Crippen LogP contribution in [0.2, 0.25) is 5.02 Å². The maximum Gasteiger partial charge on any atom is 0.215 e. The maximum absolute atomic E-state index is 12.2. The van der Waals surface area contributed by atoms with Crippen LogP contribution in [0.3, 0.4) is 0 Å². The number of nitrogens with one attached hydrogen (secondary N) is 1. The first-order valence-electron chi connectivity index (χ1n) is 6.39. The Morgan fingerprint density at radius 1 is 1.47 bits per heavy atom. The van der Waals surface area contributed by atoms with Crippen molar-refractivity contribution in [1.29, 1.82) is 0 Å². The van der Waals surface area contributed by atoms with Gasteiger partial charge in [-0.1, -0.05) is 23.7 Å². The molecule has 1 fully saturated rings. The smallest absolute Gasteiger partial charge is 0.215 e. The van der Waals surface area contributed by atoms with E-state index in [1.807, 2.05) is 12.1 Å². The Balaban J connectivity index is 1.99. The first kappa shape index (κ1) is 14.8. The Morgan fingerprint density at radius 2 is 2.26 bits per heavy atom. The minimum atomic E-state index is -3.23. The van der Waals surface area contributed by atoms with Gasteiger partial charge in [0.25, 0.3) is 0 Å². The quantitative estimate of drug-likeness (QED) is 0.903. The van der Waals surface area contributed by atoms with Crippen molar-refractivity contribution in [3.63, 3.8) is 0 Å². The number of benzene rings is 1. The molecule has 6 heteroatoms. The van der Waals surface area contributed by atoms with E-state index in [0.29, 0.717) is 11.6 Å². The molecule has 0 radical (unpaired) electrons. The third-order valence-electron chi connectivity index (χ3n) is 3.34. The zero-order valence-electron chi connectivity index (χ0n) is 11.0. The van der Waals surface area contributed by atoms with Crippen molar-refractivity contribution in [2.24, 2.45) is 0 Å². The van der Waals surface area contributed by atoms with E-state index < -0.39 is 10.0 Å². The first-order chi connectivity index (χ1) is 8.97. The SMILES string of the molecule is CN(Cc1cccc(Cl)c1)S(=O)(=O)CC1CCCN1. The third-order valence-corrected chi connectivity index (χ3v) is 5.48. The van der Waals surface area contributed by atoms with Crippen molar-refractivity contribution < 1.29 is 8.42 Å². The predicted octanol–water partition coefficient (Wildman–Crippen LogP) is 1.85. The Hall–Kier alpha value is -0.620. The van der Waals surface area contributed by atoms with E-state index in [1.165, 1.54) is 4.31 Å². The van der Waals surface area contributed by atoms with Crippen molar-refractivity contribution in [2.45, 2.75) is 25.4 Å². The molecule has 106 valence electrons. The average molecular weight is 303 g/mol. The Labute approximate surface area is 119 Å². The third kappa shape index (κ3) is 4.18. The normalized spacial score (nSPS) is 20.1. The molecule has 0 saturated carbocycles. The highest BCUT2D eigenvalue weighted by atomic mass is 35.5. The highest BCUT2D eigenvalue weighted by molar-refractivity contribution is 7.89. The number of sulfonamides is 1. The van der Waals surface area contributed by atoms with Crippen molar-refractivity contribution in [1.82, 2.24) is 9.62 Å². The first-order valence-corrected chi connectivity index (χ1v) is 8.38. The molecular weight excluding hydrogens is 284 g/mol. The van der Waals surface area contributed by atoms with Crippen LogP contribution in [0.25, 0.3) is 0 Å². The van der Waals surface area contributed by atoms with Crippen LogP contribution in [-0.4, -0.2) is 38.1 Å². The van der Waals surface area contributed by atoms with Gasteiger partial charge in [0, 0.05) is 24.7 Å². The largest absolute Gasteiger partial charge is 0.313 e. The second-order valence-electron chi connectivity index (χ2n) is 4.96. The van der Waals surface area contributed by atoms with Crippen LogP contribution < -0.4 is 5.32 Å². The highest BCUT2D eigenvalue weighted by Gasteiger charge is 2.25. The lowest BCUT2D eigenvalue weighted by atomic mass is 10.2. The van der Waals surface area contributed by atoms with Gasteiger partial charge in [0.2, 0.25) is 10.0 Å². The van der Waals surface area contributed by atoms with Gasteiger partial charge in [0.1, 0.15) is 0 Å². The molecule has 19 heavy (non-hydrogen) atoms. The minimum Gasteiger partial charge on any atom is -0.313 e. The van der Waals surface area contributed by atoms with Gasteiger partial charge < -0.3 is 5.32 Å². The molecule has 0 aliphatic carbocycles. The summed E-state index contributed by atoms with van der Waals surface area (Å²) in [5, 5.41) is 3.84. The van der Waals surface area contributed by atoms with E-state index in [9.17, 15) is 8.42 Å². The summed E-state index contributed by atoms with van der Waals surface area (Å²) in [5.74, 6) is 0.171. The summed E-state index contributed by atoms with van der Waals surface area (Å²) < 4.78 is 25.9. The molecule has 0 amide bonds. The number of nitrogens with zero attached hydrogens (tertiary/aromatic N) is 1. The molecule has 1 N–H and O–H groups in total. The van der Waals surface area contributed by atoms with Crippen LogP contribution in [0.4, 0.5) is 0 Å². The standard InChI is InChI=1S/C13H19ClN2O2S/c1-16(9-11-4-2-5-12(14)8-11)19(17,18)10-13-6-3-7-15-13/h2,4-5,8,13,15H,3,6-7,9-10H2,1H3. The lowest BCUT2D eigenvalue weighted by Crippen LogP contribution is -2.37. The van der Waals surface area contributed by atoms with Gasteiger partial charge >= 0.3 is 0 Å². The predicted molar refractivity (Wildman–Crippen MR) is 77.7 cm³/mol. The second-order valence-corrected chi connectivity index (χ2v) is 7.51. The summed E-state index contributed by atoms with van der Waals surface area (Å²) in [6.45, 7) is 1.27. The fourth-order valence-corrected chi connectivity index (χ4v) is 3.88. The van der Waals surface area contributed by atoms with Gasteiger partial charge in [-0.05, 0) is 37.1 Å². The van der Waals surface area contributed by atoms with Gasteiger partial charge in [-0.2, -0.15) is 0 Å². The Bertz CT molecular complexity index is 527. The van der Waals surface area contributed by atoms with Gasteiger partial charge in [-0.25, -0.2) is 12.7 Å². The molecule has 0 aromatic heterocycles. The second kappa shape index (κ2) is 6.22. The lowest BCUT2D eigenvalue weighted by Gasteiger charge is -2.20. The summed E-state index contributed by atoms with van der Waals surface area (Å²) in [5.41, 5.74) is 0.901. The Kier molecular flexibility index (Phi) is 4.84. The average Bonchev–Trinajstić information content (AvgIpc) is 2.81. The monoisotopic (exact) mass is 302 g/mol. The van der Waals surface area contributed by atoms with Crippen LogP contribution in [0.1, 0.15) is 18.4 Å². The molecule has 1 aromatic rings. The van der Waals surface area contributed by atoms with Crippen LogP contribution in [0, 0.1) is 0 Å². The van der Waals surface area contributed by atoms with Gasteiger partial charge in [-0.3, -0.25) is 0 Å². The van der Waals surface area contributed by atoms with E-state index >= 15 is 0 Å². The van der Waals surface area contributed by atoms with Crippen LogP contribution in [-0.2, 0) is 16.6 Å². The van der Waals surface area contributed by atoms with Gasteiger partial charge in [0.15, 0.2) is 0 Å². The molecule has 1 heterocycles. The summed E-state index contributed by atoms with van der Waals surface area (Å²) in [7, 11) is -1.61. The van der Waals surface area contributed by atoms with E-state index in [-0.39, 0.29) is 11.8 Å². The van der Waals surface area contributed by atoms with Crippen molar-refractivity contribution in [2.75, 3.05) is 19.3 Å². The van der Waals surface area contributed by atoms with E-state index in [2.05, 4.69) is 5.32 Å². The van der Waals surface area contributed by atoms with Crippen LogP contribution in [0.15, 0.2) is 24.3 Å². The summed E-state index contributed by atoms with van der Waals surface area (Å²) >= 11 is 5.90. The van der Waals surface area contributed by atoms with Crippen LogP contribution in [0.5, 0.6) is 0 Å². The van der Waals surface area contributed by atoms with E-state index in [1.54, 1.807) is 19.2 Å². The molecule has 2 rings (SSSR count). The van der Waals surface area contributed by atoms with Crippen molar-refractivity contribution in [3.05, 3.63) is 34.9 Å². The summed E-state index contributed by atoms with van der Waals surface area (Å²) in [4.78, 5) is 0. The number of rotatable bonds is 5. The summed E-state index contributed by atoms with van der Waals surface area (Å²) in [6.07, 6.45) is 1.99. The molecule has 1 atom stereocenters. The molecule has 4 nitrogen and oxygen atoms in total. The lowest BCUT2D eigenvalue weighted by molar-refractivity contribution is 0.459. The van der Waals surface area contributed by atoms with Gasteiger partial charge in [-0.15, -0.1) is 0 Å². The number of halogens is 1.